The Labute approximate surface area is 143 Å². The van der Waals surface area contributed by atoms with Gasteiger partial charge in [-0.1, -0.05) is 11.6 Å². The van der Waals surface area contributed by atoms with Crippen LogP contribution >= 0.6 is 0 Å². The maximum absolute atomic E-state index is 13.4. The van der Waals surface area contributed by atoms with E-state index in [0.717, 1.165) is 25.3 Å². The van der Waals surface area contributed by atoms with Crippen molar-refractivity contribution < 1.29 is 22.4 Å². The number of hydrogen-bond acceptors (Lipinski definition) is 1. The van der Waals surface area contributed by atoms with Crippen molar-refractivity contribution in [3.8, 4) is 0 Å². The summed E-state index contributed by atoms with van der Waals surface area (Å²) >= 11 is 0. The Morgan fingerprint density at radius 3 is 2.60 bits per heavy atom. The second-order valence-electron chi connectivity index (χ2n) is 7.41. The molecule has 2 bridgehead atoms. The fourth-order valence-corrected chi connectivity index (χ4v) is 4.31. The van der Waals surface area contributed by atoms with Crippen molar-refractivity contribution in [2.75, 3.05) is 5.32 Å². The molecule has 0 heterocycles. The van der Waals surface area contributed by atoms with Crippen LogP contribution in [0.15, 0.2) is 29.8 Å². The van der Waals surface area contributed by atoms with Gasteiger partial charge in [-0.15, -0.1) is 0 Å². The van der Waals surface area contributed by atoms with E-state index in [1.807, 2.05) is 0 Å². The van der Waals surface area contributed by atoms with Gasteiger partial charge in [-0.3, -0.25) is 4.79 Å². The first-order chi connectivity index (χ1) is 11.8. The normalized spacial score (nSPS) is 30.1. The fraction of sp³-hybridized carbons (Fsp3) is 0.526. The molecule has 3 saturated carbocycles. The number of carbonyl (C=O) groups is 1. The molecule has 6 heteroatoms. The molecule has 25 heavy (non-hydrogen) atoms. The lowest BCUT2D eigenvalue weighted by atomic mass is 9.88. The zero-order valence-electron chi connectivity index (χ0n) is 13.6. The van der Waals surface area contributed by atoms with Crippen LogP contribution in [0.2, 0.25) is 0 Å². The van der Waals surface area contributed by atoms with Crippen molar-refractivity contribution in [1.29, 1.82) is 0 Å². The lowest BCUT2D eigenvalue weighted by Crippen LogP contribution is -2.27. The molecule has 134 valence electrons. The number of halogens is 4. The molecule has 2 unspecified atom stereocenters. The summed E-state index contributed by atoms with van der Waals surface area (Å²) in [5.41, 5.74) is 0.0273. The molecule has 3 atom stereocenters. The maximum atomic E-state index is 13.4. The van der Waals surface area contributed by atoms with Crippen molar-refractivity contribution in [3.63, 3.8) is 0 Å². The van der Waals surface area contributed by atoms with E-state index in [1.54, 1.807) is 0 Å². The van der Waals surface area contributed by atoms with E-state index in [0.29, 0.717) is 17.9 Å². The molecular formula is C19H19F4NO. The molecule has 0 radical (unpaired) electrons. The first kappa shape index (κ1) is 16.6. The second-order valence-corrected chi connectivity index (χ2v) is 7.41. The van der Waals surface area contributed by atoms with Crippen molar-refractivity contribution in [2.24, 2.45) is 23.7 Å². The van der Waals surface area contributed by atoms with E-state index in [2.05, 4.69) is 11.4 Å². The number of hydrogen-bond donors (Lipinski definition) is 1. The minimum Gasteiger partial charge on any atom is -0.326 e. The Balaban J connectivity index is 1.50. The third-order valence-corrected chi connectivity index (χ3v) is 5.68. The minimum absolute atomic E-state index is 0.00535. The smallest absolute Gasteiger partial charge is 0.326 e. The molecule has 0 aromatic heterocycles. The SMILES string of the molecule is O=C(Nc1ccc(F)c(C(F)(F)F)c1)[C@H]1CC2CCC1/C2=C\C1CC1. The lowest BCUT2D eigenvalue weighted by molar-refractivity contribution is -0.140. The molecular weight excluding hydrogens is 334 g/mol. The summed E-state index contributed by atoms with van der Waals surface area (Å²) in [5.74, 6) is -0.461. The second kappa shape index (κ2) is 5.85. The molecule has 1 aromatic carbocycles. The van der Waals surface area contributed by atoms with Crippen LogP contribution in [0.4, 0.5) is 23.2 Å². The number of benzene rings is 1. The number of allylic oxidation sites excluding steroid dienone is 2. The molecule has 4 rings (SSSR count). The van der Waals surface area contributed by atoms with E-state index in [1.165, 1.54) is 24.5 Å². The summed E-state index contributed by atoms with van der Waals surface area (Å²) in [4.78, 5) is 12.6. The highest BCUT2D eigenvalue weighted by molar-refractivity contribution is 5.93. The summed E-state index contributed by atoms with van der Waals surface area (Å²) in [7, 11) is 0. The van der Waals surface area contributed by atoms with Crippen molar-refractivity contribution in [1.82, 2.24) is 0 Å². The lowest BCUT2D eigenvalue weighted by Gasteiger charge is -2.20. The molecule has 3 aliphatic carbocycles. The summed E-state index contributed by atoms with van der Waals surface area (Å²) in [6.07, 6.45) is 2.82. The summed E-state index contributed by atoms with van der Waals surface area (Å²) in [6.45, 7) is 0. The number of alkyl halides is 3. The van der Waals surface area contributed by atoms with Crippen LogP contribution in [0.1, 0.15) is 37.7 Å². The van der Waals surface area contributed by atoms with Gasteiger partial charge in [0.2, 0.25) is 5.91 Å². The number of fused-ring (bicyclic) bond motifs is 2. The Bertz CT molecular complexity index is 735. The zero-order chi connectivity index (χ0) is 17.8. The van der Waals surface area contributed by atoms with Crippen molar-refractivity contribution in [2.45, 2.75) is 38.3 Å². The quantitative estimate of drug-likeness (QED) is 0.590. The number of nitrogens with one attached hydrogen (secondary N) is 1. The molecule has 0 saturated heterocycles. The standard InChI is InChI=1S/C19H19F4NO/c20-17-6-4-12(9-16(17)19(21,22)23)24-18(25)15-8-11-3-5-13(15)14(11)7-10-1-2-10/h4,6-7,9-11,13,15H,1-3,5,8H2,(H,24,25)/b14-7-/t11?,13?,15-/m0/s1. The predicted octanol–water partition coefficient (Wildman–Crippen LogP) is 5.17. The third kappa shape index (κ3) is 3.18. The van der Waals surface area contributed by atoms with Crippen LogP contribution in [-0.2, 0) is 11.0 Å². The largest absolute Gasteiger partial charge is 0.419 e. The highest BCUT2D eigenvalue weighted by Gasteiger charge is 2.47. The van der Waals surface area contributed by atoms with Gasteiger partial charge >= 0.3 is 6.18 Å². The van der Waals surface area contributed by atoms with Gasteiger partial charge in [0.1, 0.15) is 5.82 Å². The van der Waals surface area contributed by atoms with Crippen LogP contribution in [0.5, 0.6) is 0 Å². The van der Waals surface area contributed by atoms with Crippen molar-refractivity contribution >= 4 is 11.6 Å². The van der Waals surface area contributed by atoms with E-state index >= 15 is 0 Å². The van der Waals surface area contributed by atoms with Crippen molar-refractivity contribution in [3.05, 3.63) is 41.2 Å². The molecule has 0 aliphatic heterocycles. The Morgan fingerprint density at radius 1 is 1.16 bits per heavy atom. The average Bonchev–Trinajstić information content (AvgIpc) is 3.21. The van der Waals surface area contributed by atoms with Crippen LogP contribution in [-0.4, -0.2) is 5.91 Å². The maximum Gasteiger partial charge on any atom is 0.419 e. The highest BCUT2D eigenvalue weighted by atomic mass is 19.4. The minimum atomic E-state index is -4.78. The number of rotatable bonds is 3. The number of carbonyl (C=O) groups excluding carboxylic acids is 1. The topological polar surface area (TPSA) is 29.1 Å². The van der Waals surface area contributed by atoms with Crippen LogP contribution in [0.3, 0.4) is 0 Å². The van der Waals surface area contributed by atoms with E-state index < -0.39 is 17.6 Å². The predicted molar refractivity (Wildman–Crippen MR) is 85.2 cm³/mol. The number of amides is 1. The Hall–Kier alpha value is -1.85. The molecule has 2 nitrogen and oxygen atoms in total. The van der Waals surface area contributed by atoms with Crippen LogP contribution in [0.25, 0.3) is 0 Å². The Morgan fingerprint density at radius 2 is 1.92 bits per heavy atom. The van der Waals surface area contributed by atoms with Gasteiger partial charge < -0.3 is 5.32 Å². The van der Waals surface area contributed by atoms with E-state index in [4.69, 9.17) is 0 Å². The Kier molecular flexibility index (Phi) is 3.89. The van der Waals surface area contributed by atoms with Crippen LogP contribution in [0, 0.1) is 29.5 Å². The summed E-state index contributed by atoms with van der Waals surface area (Å²) in [6, 6.07) is 2.59. The molecule has 1 N–H and O–H groups in total. The summed E-state index contributed by atoms with van der Waals surface area (Å²) in [5, 5.41) is 2.57. The third-order valence-electron chi connectivity index (χ3n) is 5.68. The van der Waals surface area contributed by atoms with E-state index in [-0.39, 0.29) is 23.4 Å². The van der Waals surface area contributed by atoms with Gasteiger partial charge in [0.15, 0.2) is 0 Å². The van der Waals surface area contributed by atoms with Gasteiger partial charge in [0.25, 0.3) is 0 Å². The highest BCUT2D eigenvalue weighted by Crippen LogP contribution is 2.54. The average molecular weight is 353 g/mol. The zero-order valence-corrected chi connectivity index (χ0v) is 13.6. The molecule has 1 amide bonds. The van der Waals surface area contributed by atoms with Gasteiger partial charge in [-0.2, -0.15) is 13.2 Å². The fourth-order valence-electron chi connectivity index (χ4n) is 4.31. The monoisotopic (exact) mass is 353 g/mol. The number of anilines is 1. The van der Waals surface area contributed by atoms with Crippen LogP contribution < -0.4 is 5.32 Å². The molecule has 0 spiro atoms. The molecule has 3 fully saturated rings. The summed E-state index contributed by atoms with van der Waals surface area (Å²) < 4.78 is 51.8. The first-order valence-electron chi connectivity index (χ1n) is 8.72. The van der Waals surface area contributed by atoms with E-state index in [9.17, 15) is 22.4 Å². The molecule has 1 aromatic rings. The molecule has 3 aliphatic rings. The van der Waals surface area contributed by atoms with Gasteiger partial charge in [-0.05, 0) is 68.1 Å². The first-order valence-corrected chi connectivity index (χ1v) is 8.72. The van der Waals surface area contributed by atoms with Gasteiger partial charge in [-0.25, -0.2) is 4.39 Å². The van der Waals surface area contributed by atoms with Gasteiger partial charge in [0, 0.05) is 11.6 Å². The van der Waals surface area contributed by atoms with Gasteiger partial charge in [0.05, 0.1) is 5.56 Å².